The van der Waals surface area contributed by atoms with E-state index in [1.807, 2.05) is 18.2 Å². The molecular weight excluding hydrogens is 538 g/mol. The fourth-order valence-corrected chi connectivity index (χ4v) is 4.19. The predicted octanol–water partition coefficient (Wildman–Crippen LogP) is 2.65. The predicted molar refractivity (Wildman–Crippen MR) is 129 cm³/mol. The minimum atomic E-state index is -4.15. The van der Waals surface area contributed by atoms with Crippen LogP contribution in [0.5, 0.6) is 11.5 Å². The maximum absolute atomic E-state index is 12.6. The maximum atomic E-state index is 12.6. The van der Waals surface area contributed by atoms with E-state index in [-0.39, 0.29) is 30.0 Å². The van der Waals surface area contributed by atoms with Crippen LogP contribution in [0, 0.1) is 0 Å². The number of aliphatic imine (C=N–C) groups is 1. The van der Waals surface area contributed by atoms with Crippen molar-refractivity contribution in [3.63, 3.8) is 0 Å². The van der Waals surface area contributed by atoms with Crippen molar-refractivity contribution in [3.05, 3.63) is 23.8 Å². The Morgan fingerprint density at radius 2 is 1.81 bits per heavy atom. The van der Waals surface area contributed by atoms with E-state index in [9.17, 15) is 13.2 Å². The maximum Gasteiger partial charge on any atom is 0.401 e. The van der Waals surface area contributed by atoms with Crippen LogP contribution >= 0.6 is 24.0 Å². The van der Waals surface area contributed by atoms with Crippen molar-refractivity contribution < 1.29 is 22.6 Å². The molecule has 7 nitrogen and oxygen atoms in total. The van der Waals surface area contributed by atoms with Gasteiger partial charge < -0.3 is 19.7 Å². The molecule has 2 heterocycles. The van der Waals surface area contributed by atoms with Crippen molar-refractivity contribution in [1.29, 1.82) is 0 Å². The van der Waals surface area contributed by atoms with Crippen LogP contribution in [0.3, 0.4) is 0 Å². The smallest absolute Gasteiger partial charge is 0.401 e. The van der Waals surface area contributed by atoms with E-state index >= 15 is 0 Å². The number of ether oxygens (including phenoxy) is 2. The standard InChI is InChI=1S/C21H32F3N5O2.HI/c1-25-20(26-17-6-7-28(14-17)15-21(22,23)24)29-10-8-27(9-11-29)13-16-12-18(30-2)4-5-19(16)31-3;/h4-5,12,17H,6-11,13-15H2,1-3H3,(H,25,26);1H. The van der Waals surface area contributed by atoms with Gasteiger partial charge in [-0.1, -0.05) is 0 Å². The van der Waals surface area contributed by atoms with Crippen molar-refractivity contribution in [1.82, 2.24) is 20.0 Å². The van der Waals surface area contributed by atoms with Gasteiger partial charge in [-0.3, -0.25) is 14.8 Å². The molecule has 3 rings (SSSR count). The van der Waals surface area contributed by atoms with Gasteiger partial charge in [-0.2, -0.15) is 13.2 Å². The number of alkyl halides is 3. The average molecular weight is 571 g/mol. The number of nitrogens with one attached hydrogen (secondary N) is 1. The number of halogens is 4. The monoisotopic (exact) mass is 571 g/mol. The summed E-state index contributed by atoms with van der Waals surface area (Å²) in [5.41, 5.74) is 1.08. The highest BCUT2D eigenvalue weighted by Gasteiger charge is 2.35. The van der Waals surface area contributed by atoms with Gasteiger partial charge in [-0.25, -0.2) is 0 Å². The van der Waals surface area contributed by atoms with Crippen LogP contribution in [0.2, 0.25) is 0 Å². The number of guanidine groups is 1. The fourth-order valence-electron chi connectivity index (χ4n) is 4.19. The number of piperazine rings is 1. The van der Waals surface area contributed by atoms with Gasteiger partial charge in [0.15, 0.2) is 5.96 Å². The van der Waals surface area contributed by atoms with Gasteiger partial charge in [0.05, 0.1) is 20.8 Å². The van der Waals surface area contributed by atoms with E-state index in [4.69, 9.17) is 9.47 Å². The Morgan fingerprint density at radius 3 is 2.41 bits per heavy atom. The van der Waals surface area contributed by atoms with Crippen molar-refractivity contribution in [3.8, 4) is 11.5 Å². The van der Waals surface area contributed by atoms with Crippen LogP contribution in [-0.2, 0) is 6.54 Å². The number of methoxy groups -OCH3 is 2. The summed E-state index contributed by atoms with van der Waals surface area (Å²) in [6.07, 6.45) is -3.47. The van der Waals surface area contributed by atoms with E-state index in [1.165, 1.54) is 4.90 Å². The summed E-state index contributed by atoms with van der Waals surface area (Å²) >= 11 is 0. The van der Waals surface area contributed by atoms with Crippen molar-refractivity contribution in [2.24, 2.45) is 4.99 Å². The molecule has 0 spiro atoms. The molecule has 0 amide bonds. The van der Waals surface area contributed by atoms with Crippen LogP contribution in [0.4, 0.5) is 13.2 Å². The second-order valence-corrected chi connectivity index (χ2v) is 7.97. The highest BCUT2D eigenvalue weighted by molar-refractivity contribution is 14.0. The zero-order valence-electron chi connectivity index (χ0n) is 18.8. The molecule has 32 heavy (non-hydrogen) atoms. The third-order valence-corrected chi connectivity index (χ3v) is 5.77. The molecule has 1 unspecified atom stereocenters. The average Bonchev–Trinajstić information content (AvgIpc) is 3.17. The lowest BCUT2D eigenvalue weighted by Crippen LogP contribution is -2.54. The van der Waals surface area contributed by atoms with Gasteiger partial charge in [-0.05, 0) is 24.6 Å². The van der Waals surface area contributed by atoms with E-state index in [0.717, 1.165) is 55.7 Å². The van der Waals surface area contributed by atoms with E-state index < -0.39 is 12.7 Å². The second kappa shape index (κ2) is 12.1. The molecule has 2 aliphatic heterocycles. The Labute approximate surface area is 204 Å². The largest absolute Gasteiger partial charge is 0.497 e. The first-order valence-corrected chi connectivity index (χ1v) is 10.5. The number of rotatable bonds is 6. The molecule has 2 saturated heterocycles. The summed E-state index contributed by atoms with van der Waals surface area (Å²) in [6.45, 7) is 4.04. The Hall–Kier alpha value is -1.47. The Morgan fingerprint density at radius 1 is 1.09 bits per heavy atom. The summed E-state index contributed by atoms with van der Waals surface area (Å²) < 4.78 is 48.7. The third-order valence-electron chi connectivity index (χ3n) is 5.77. The minimum Gasteiger partial charge on any atom is -0.497 e. The molecular formula is C21H33F3IN5O2. The van der Waals surface area contributed by atoms with E-state index in [2.05, 4.69) is 20.1 Å². The number of nitrogens with zero attached hydrogens (tertiary/aromatic N) is 4. The second-order valence-electron chi connectivity index (χ2n) is 7.97. The normalized spacial score (nSPS) is 20.8. The first kappa shape index (κ1) is 26.8. The van der Waals surface area contributed by atoms with Crippen LogP contribution in [0.1, 0.15) is 12.0 Å². The zero-order chi connectivity index (χ0) is 22.4. The molecule has 0 bridgehead atoms. The van der Waals surface area contributed by atoms with Crippen molar-refractivity contribution in [2.45, 2.75) is 25.2 Å². The lowest BCUT2D eigenvalue weighted by Gasteiger charge is -2.37. The Kier molecular flexibility index (Phi) is 10.1. The molecule has 2 aliphatic rings. The number of likely N-dealkylation sites (tertiary alicyclic amines) is 1. The summed E-state index contributed by atoms with van der Waals surface area (Å²) in [5.74, 6) is 2.40. The molecule has 1 N–H and O–H groups in total. The van der Waals surface area contributed by atoms with Crippen molar-refractivity contribution >= 4 is 29.9 Å². The topological polar surface area (TPSA) is 52.6 Å². The Balaban J connectivity index is 0.00000363. The van der Waals surface area contributed by atoms with Gasteiger partial charge in [-0.15, -0.1) is 24.0 Å². The molecule has 1 atom stereocenters. The molecule has 1 aromatic rings. The molecule has 0 aromatic heterocycles. The fraction of sp³-hybridized carbons (Fsp3) is 0.667. The highest BCUT2D eigenvalue weighted by atomic mass is 127. The van der Waals surface area contributed by atoms with Crippen molar-refractivity contribution in [2.75, 3.05) is 67.1 Å². The number of hydrogen-bond donors (Lipinski definition) is 1. The summed E-state index contributed by atoms with van der Waals surface area (Å²) in [5, 5.41) is 3.36. The molecule has 1 aromatic carbocycles. The van der Waals surface area contributed by atoms with Gasteiger partial charge in [0.2, 0.25) is 0 Å². The molecule has 11 heteroatoms. The molecule has 0 saturated carbocycles. The van der Waals surface area contributed by atoms with Crippen LogP contribution in [0.15, 0.2) is 23.2 Å². The Bertz CT molecular complexity index is 757. The summed E-state index contributed by atoms with van der Waals surface area (Å²) in [4.78, 5) is 10.3. The highest BCUT2D eigenvalue weighted by Crippen LogP contribution is 2.26. The lowest BCUT2D eigenvalue weighted by molar-refractivity contribution is -0.143. The quantitative estimate of drug-likeness (QED) is 0.322. The minimum absolute atomic E-state index is 0. The molecule has 0 radical (unpaired) electrons. The first-order valence-electron chi connectivity index (χ1n) is 10.5. The molecule has 0 aliphatic carbocycles. The summed E-state index contributed by atoms with van der Waals surface area (Å²) in [7, 11) is 5.03. The van der Waals surface area contributed by atoms with E-state index in [0.29, 0.717) is 19.5 Å². The first-order chi connectivity index (χ1) is 14.8. The molecule has 2 fully saturated rings. The van der Waals surface area contributed by atoms with Gasteiger partial charge in [0.1, 0.15) is 11.5 Å². The third kappa shape index (κ3) is 7.55. The van der Waals surface area contributed by atoms with Gasteiger partial charge in [0, 0.05) is 64.5 Å². The van der Waals surface area contributed by atoms with Crippen LogP contribution in [0.25, 0.3) is 0 Å². The van der Waals surface area contributed by atoms with Crippen LogP contribution < -0.4 is 14.8 Å². The number of benzene rings is 1. The lowest BCUT2D eigenvalue weighted by atomic mass is 10.1. The molecule has 182 valence electrons. The van der Waals surface area contributed by atoms with Crippen LogP contribution in [-0.4, -0.2) is 100.0 Å². The van der Waals surface area contributed by atoms with E-state index in [1.54, 1.807) is 21.3 Å². The van der Waals surface area contributed by atoms with Gasteiger partial charge >= 0.3 is 6.18 Å². The SMILES string of the molecule is CN=C(NC1CCN(CC(F)(F)F)C1)N1CCN(Cc2cc(OC)ccc2OC)CC1.I. The summed E-state index contributed by atoms with van der Waals surface area (Å²) in [6, 6.07) is 5.78. The van der Waals surface area contributed by atoms with Gasteiger partial charge in [0.25, 0.3) is 0 Å². The zero-order valence-corrected chi connectivity index (χ0v) is 21.2. The number of hydrogen-bond acceptors (Lipinski definition) is 5.